The first-order valence-electron chi connectivity index (χ1n) is 8.02. The molecule has 1 aliphatic heterocycles. The minimum absolute atomic E-state index is 0.0818. The fraction of sp³-hybridized carbons (Fsp3) is 0.667. The fourth-order valence-corrected chi connectivity index (χ4v) is 3.47. The molecular formula is C18H29FN2. The van der Waals surface area contributed by atoms with Crippen LogP contribution in [0.5, 0.6) is 0 Å². The second kappa shape index (κ2) is 6.45. The van der Waals surface area contributed by atoms with E-state index >= 15 is 0 Å². The molecule has 1 N–H and O–H groups in total. The minimum Gasteiger partial charge on any atom is -0.308 e. The molecule has 0 amide bonds. The Morgan fingerprint density at radius 3 is 2.71 bits per heavy atom. The van der Waals surface area contributed by atoms with Crippen LogP contribution in [0, 0.1) is 18.7 Å². The van der Waals surface area contributed by atoms with Gasteiger partial charge in [-0.3, -0.25) is 0 Å². The first-order chi connectivity index (χ1) is 9.81. The van der Waals surface area contributed by atoms with Crippen molar-refractivity contribution in [2.24, 2.45) is 5.92 Å². The molecular weight excluding hydrogens is 263 g/mol. The summed E-state index contributed by atoms with van der Waals surface area (Å²) in [6.45, 7) is 10.4. The predicted octanol–water partition coefficient (Wildman–Crippen LogP) is 3.69. The van der Waals surface area contributed by atoms with E-state index in [1.165, 1.54) is 13.0 Å². The second-order valence-electron chi connectivity index (χ2n) is 7.21. The molecule has 2 nitrogen and oxygen atoms in total. The Morgan fingerprint density at radius 2 is 2.10 bits per heavy atom. The molecule has 0 spiro atoms. The van der Waals surface area contributed by atoms with Crippen molar-refractivity contribution >= 4 is 0 Å². The number of halogens is 1. The zero-order chi connectivity index (χ0) is 15.6. The second-order valence-corrected chi connectivity index (χ2v) is 7.21. The van der Waals surface area contributed by atoms with Gasteiger partial charge in [-0.2, -0.15) is 0 Å². The molecule has 0 bridgehead atoms. The maximum atomic E-state index is 14.3. The van der Waals surface area contributed by atoms with Gasteiger partial charge in [-0.15, -0.1) is 0 Å². The van der Waals surface area contributed by atoms with Gasteiger partial charge in [0, 0.05) is 23.7 Å². The number of hydrogen-bond donors (Lipinski definition) is 1. The Morgan fingerprint density at radius 1 is 1.38 bits per heavy atom. The molecule has 1 heterocycles. The summed E-state index contributed by atoms with van der Waals surface area (Å²) in [4.78, 5) is 2.45. The minimum atomic E-state index is -0.334. The smallest absolute Gasteiger partial charge is 0.131 e. The van der Waals surface area contributed by atoms with Crippen LogP contribution in [0.1, 0.15) is 44.7 Å². The molecule has 3 heteroatoms. The van der Waals surface area contributed by atoms with E-state index in [1.807, 2.05) is 25.1 Å². The van der Waals surface area contributed by atoms with E-state index in [9.17, 15) is 4.39 Å². The van der Waals surface area contributed by atoms with E-state index in [0.29, 0.717) is 11.6 Å². The van der Waals surface area contributed by atoms with E-state index in [0.717, 1.165) is 24.4 Å². The lowest BCUT2D eigenvalue weighted by Crippen LogP contribution is -2.40. The van der Waals surface area contributed by atoms with E-state index in [-0.39, 0.29) is 11.4 Å². The zero-order valence-corrected chi connectivity index (χ0v) is 14.0. The number of likely N-dealkylation sites (tertiary alicyclic amines) is 1. The maximum Gasteiger partial charge on any atom is 0.131 e. The number of nitrogens with zero attached hydrogens (tertiary/aromatic N) is 1. The molecule has 118 valence electrons. The van der Waals surface area contributed by atoms with Crippen LogP contribution in [0.3, 0.4) is 0 Å². The highest BCUT2D eigenvalue weighted by Gasteiger charge is 2.28. The van der Waals surface area contributed by atoms with Crippen molar-refractivity contribution in [1.29, 1.82) is 0 Å². The molecule has 2 atom stereocenters. The number of hydrogen-bond acceptors (Lipinski definition) is 2. The normalized spacial score (nSPS) is 23.7. The Bertz CT molecular complexity index is 484. The van der Waals surface area contributed by atoms with Crippen molar-refractivity contribution in [3.05, 3.63) is 35.1 Å². The average molecular weight is 292 g/mol. The fourth-order valence-electron chi connectivity index (χ4n) is 3.47. The maximum absolute atomic E-state index is 14.3. The Hall–Kier alpha value is -0.930. The van der Waals surface area contributed by atoms with E-state index in [2.05, 4.69) is 38.0 Å². The van der Waals surface area contributed by atoms with Crippen molar-refractivity contribution in [2.75, 3.05) is 20.1 Å². The summed E-state index contributed by atoms with van der Waals surface area (Å²) in [5, 5.41) is 3.54. The largest absolute Gasteiger partial charge is 0.308 e. The SMILES string of the molecule is Cc1cccc(C(C)(C)NCCC2CC(C)CN2C)c1F. The highest BCUT2D eigenvalue weighted by molar-refractivity contribution is 5.30. The lowest BCUT2D eigenvalue weighted by molar-refractivity contribution is 0.278. The standard InChI is InChI=1S/C18H29FN2/c1-13-11-15(21(5)12-13)9-10-20-18(3,4)16-8-6-7-14(2)17(16)19/h6-8,13,15,20H,9-12H2,1-5H3. The van der Waals surface area contributed by atoms with Gasteiger partial charge in [0.1, 0.15) is 5.82 Å². The van der Waals surface area contributed by atoms with Crippen LogP contribution < -0.4 is 5.32 Å². The Kier molecular flexibility index (Phi) is 5.05. The summed E-state index contributed by atoms with van der Waals surface area (Å²) in [5.74, 6) is 0.712. The van der Waals surface area contributed by atoms with Gasteiger partial charge in [-0.1, -0.05) is 25.1 Å². The molecule has 1 saturated heterocycles. The summed E-state index contributed by atoms with van der Waals surface area (Å²) < 4.78 is 14.3. The van der Waals surface area contributed by atoms with Crippen molar-refractivity contribution in [1.82, 2.24) is 10.2 Å². The third-order valence-electron chi connectivity index (χ3n) is 4.81. The summed E-state index contributed by atoms with van der Waals surface area (Å²) in [5.41, 5.74) is 1.14. The average Bonchev–Trinajstić information content (AvgIpc) is 2.71. The van der Waals surface area contributed by atoms with Crippen LogP contribution in [0.15, 0.2) is 18.2 Å². The molecule has 0 aromatic heterocycles. The molecule has 21 heavy (non-hydrogen) atoms. The quantitative estimate of drug-likeness (QED) is 0.890. The number of aryl methyl sites for hydroxylation is 1. The van der Waals surface area contributed by atoms with Crippen molar-refractivity contribution in [3.8, 4) is 0 Å². The predicted molar refractivity (Wildman–Crippen MR) is 87.0 cm³/mol. The van der Waals surface area contributed by atoms with Crippen LogP contribution in [-0.2, 0) is 5.54 Å². The van der Waals surface area contributed by atoms with Crippen molar-refractivity contribution in [2.45, 2.75) is 52.1 Å². The molecule has 1 aromatic carbocycles. The van der Waals surface area contributed by atoms with Gasteiger partial charge in [-0.05, 0) is 58.7 Å². The highest BCUT2D eigenvalue weighted by Crippen LogP contribution is 2.26. The van der Waals surface area contributed by atoms with Gasteiger partial charge in [0.25, 0.3) is 0 Å². The van der Waals surface area contributed by atoms with Crippen LogP contribution in [-0.4, -0.2) is 31.1 Å². The van der Waals surface area contributed by atoms with Crippen LogP contribution in [0.25, 0.3) is 0 Å². The van der Waals surface area contributed by atoms with Crippen molar-refractivity contribution < 1.29 is 4.39 Å². The Balaban J connectivity index is 1.94. The summed E-state index contributed by atoms with van der Waals surface area (Å²) in [6, 6.07) is 6.30. The van der Waals surface area contributed by atoms with Gasteiger partial charge in [0.05, 0.1) is 0 Å². The number of benzene rings is 1. The number of rotatable bonds is 5. The van der Waals surface area contributed by atoms with Gasteiger partial charge < -0.3 is 10.2 Å². The number of nitrogens with one attached hydrogen (secondary N) is 1. The van der Waals surface area contributed by atoms with E-state index < -0.39 is 0 Å². The van der Waals surface area contributed by atoms with E-state index in [1.54, 1.807) is 0 Å². The molecule has 1 aliphatic rings. The van der Waals surface area contributed by atoms with Gasteiger partial charge >= 0.3 is 0 Å². The lowest BCUT2D eigenvalue weighted by Gasteiger charge is -2.29. The molecule has 2 unspecified atom stereocenters. The first kappa shape index (κ1) is 16.4. The monoisotopic (exact) mass is 292 g/mol. The van der Waals surface area contributed by atoms with Crippen LogP contribution >= 0.6 is 0 Å². The van der Waals surface area contributed by atoms with Crippen LogP contribution in [0.2, 0.25) is 0 Å². The molecule has 0 radical (unpaired) electrons. The van der Waals surface area contributed by atoms with Crippen LogP contribution in [0.4, 0.5) is 4.39 Å². The highest BCUT2D eigenvalue weighted by atomic mass is 19.1. The molecule has 2 rings (SSSR count). The van der Waals surface area contributed by atoms with Gasteiger partial charge in [0.15, 0.2) is 0 Å². The first-order valence-corrected chi connectivity index (χ1v) is 8.02. The lowest BCUT2D eigenvalue weighted by atomic mass is 9.92. The Labute approximate surface area is 128 Å². The summed E-state index contributed by atoms with van der Waals surface area (Å²) >= 11 is 0. The third kappa shape index (κ3) is 3.83. The van der Waals surface area contributed by atoms with E-state index in [4.69, 9.17) is 0 Å². The molecule has 0 saturated carbocycles. The molecule has 1 aromatic rings. The molecule has 1 fully saturated rings. The molecule has 0 aliphatic carbocycles. The topological polar surface area (TPSA) is 15.3 Å². The van der Waals surface area contributed by atoms with Gasteiger partial charge in [-0.25, -0.2) is 4.39 Å². The third-order valence-corrected chi connectivity index (χ3v) is 4.81. The van der Waals surface area contributed by atoms with Gasteiger partial charge in [0.2, 0.25) is 0 Å². The van der Waals surface area contributed by atoms with Crippen molar-refractivity contribution in [3.63, 3.8) is 0 Å². The summed E-state index contributed by atoms with van der Waals surface area (Å²) in [6.07, 6.45) is 2.40. The summed E-state index contributed by atoms with van der Waals surface area (Å²) in [7, 11) is 2.21. The zero-order valence-electron chi connectivity index (χ0n) is 14.0.